The van der Waals surface area contributed by atoms with Crippen molar-refractivity contribution >= 4 is 0 Å². The molecule has 0 saturated heterocycles. The molecule has 0 aliphatic carbocycles. The Balaban J connectivity index is 3.51. The van der Waals surface area contributed by atoms with Crippen molar-refractivity contribution in [2.75, 3.05) is 7.11 Å². The molecular weight excluding hydrogens is 214 g/mol. The lowest BCUT2D eigenvalue weighted by Crippen LogP contribution is -2.23. The van der Waals surface area contributed by atoms with Crippen LogP contribution in [0.3, 0.4) is 0 Å². The van der Waals surface area contributed by atoms with Crippen LogP contribution in [0.4, 0.5) is 8.78 Å². The van der Waals surface area contributed by atoms with E-state index in [4.69, 9.17) is 4.74 Å². The van der Waals surface area contributed by atoms with Crippen LogP contribution < -0.4 is 4.74 Å². The highest BCUT2D eigenvalue weighted by Crippen LogP contribution is 2.40. The van der Waals surface area contributed by atoms with E-state index in [-0.39, 0.29) is 16.9 Å². The zero-order valence-electron chi connectivity index (χ0n) is 9.84. The van der Waals surface area contributed by atoms with Crippen LogP contribution in [0, 0.1) is 0 Å². The van der Waals surface area contributed by atoms with Crippen LogP contribution in [0.15, 0.2) is 18.2 Å². The fourth-order valence-electron chi connectivity index (χ4n) is 1.66. The van der Waals surface area contributed by atoms with Crippen molar-refractivity contribution in [1.29, 1.82) is 0 Å². The molecule has 2 nitrogen and oxygen atoms in total. The van der Waals surface area contributed by atoms with Gasteiger partial charge in [-0.25, -0.2) is 8.78 Å². The minimum Gasteiger partial charge on any atom is -0.496 e. The number of halogens is 2. The fourth-order valence-corrected chi connectivity index (χ4v) is 1.66. The molecule has 90 valence electrons. The quantitative estimate of drug-likeness (QED) is 0.864. The van der Waals surface area contributed by atoms with Crippen LogP contribution in [0.1, 0.15) is 31.9 Å². The number of alkyl halides is 2. The second-order valence-electron chi connectivity index (χ2n) is 4.33. The van der Waals surface area contributed by atoms with Crippen molar-refractivity contribution < 1.29 is 18.6 Å². The molecule has 1 aromatic carbocycles. The molecule has 0 aliphatic heterocycles. The van der Waals surface area contributed by atoms with Gasteiger partial charge in [-0.3, -0.25) is 0 Å². The third kappa shape index (κ3) is 2.50. The summed E-state index contributed by atoms with van der Waals surface area (Å²) in [7, 11) is 1.33. The highest BCUT2D eigenvalue weighted by atomic mass is 19.3. The van der Waals surface area contributed by atoms with Crippen LogP contribution in [0.2, 0.25) is 0 Å². The lowest BCUT2D eigenvalue weighted by Gasteiger charge is -2.26. The number of hydrogen-bond acceptors (Lipinski definition) is 2. The Kier molecular flexibility index (Phi) is 3.24. The summed E-state index contributed by atoms with van der Waals surface area (Å²) in [4.78, 5) is 0. The van der Waals surface area contributed by atoms with E-state index in [0.717, 1.165) is 6.92 Å². The van der Waals surface area contributed by atoms with Gasteiger partial charge in [0.25, 0.3) is 5.92 Å². The molecule has 0 amide bonds. The van der Waals surface area contributed by atoms with E-state index in [0.29, 0.717) is 0 Å². The Morgan fingerprint density at radius 2 is 1.75 bits per heavy atom. The van der Waals surface area contributed by atoms with Gasteiger partial charge >= 0.3 is 0 Å². The van der Waals surface area contributed by atoms with Crippen LogP contribution in [-0.4, -0.2) is 12.2 Å². The molecule has 0 fully saturated rings. The second-order valence-corrected chi connectivity index (χ2v) is 4.33. The molecule has 0 spiro atoms. The number of aliphatic hydroxyl groups is 1. The summed E-state index contributed by atoms with van der Waals surface area (Å²) < 4.78 is 31.9. The molecule has 0 aliphatic rings. The Hall–Kier alpha value is -1.16. The molecule has 1 aromatic rings. The van der Waals surface area contributed by atoms with Gasteiger partial charge in [0.1, 0.15) is 5.75 Å². The van der Waals surface area contributed by atoms with E-state index in [1.165, 1.54) is 33.1 Å². The van der Waals surface area contributed by atoms with Gasteiger partial charge in [-0.05, 0) is 25.5 Å². The zero-order chi connectivity index (χ0) is 12.6. The lowest BCUT2D eigenvalue weighted by molar-refractivity contribution is 0.00501. The van der Waals surface area contributed by atoms with Crippen LogP contribution >= 0.6 is 0 Å². The summed E-state index contributed by atoms with van der Waals surface area (Å²) >= 11 is 0. The average Bonchev–Trinajstić information content (AvgIpc) is 2.13. The number of rotatable bonds is 3. The van der Waals surface area contributed by atoms with Crippen molar-refractivity contribution in [1.82, 2.24) is 0 Å². The molecule has 0 unspecified atom stereocenters. The van der Waals surface area contributed by atoms with Gasteiger partial charge in [-0.1, -0.05) is 12.1 Å². The lowest BCUT2D eigenvalue weighted by atomic mass is 9.90. The maximum atomic E-state index is 13.5. The first-order valence-corrected chi connectivity index (χ1v) is 4.96. The van der Waals surface area contributed by atoms with Gasteiger partial charge in [0.15, 0.2) is 0 Å². The number of ether oxygens (including phenoxy) is 1. The number of hydrogen-bond donors (Lipinski definition) is 1. The van der Waals surface area contributed by atoms with E-state index in [9.17, 15) is 13.9 Å². The maximum absolute atomic E-state index is 13.5. The molecular formula is C12H16F2O2. The summed E-state index contributed by atoms with van der Waals surface area (Å²) in [6, 6.07) is 4.53. The van der Waals surface area contributed by atoms with E-state index < -0.39 is 11.5 Å². The van der Waals surface area contributed by atoms with Crippen molar-refractivity contribution in [3.8, 4) is 5.75 Å². The molecule has 1 N–H and O–H groups in total. The SMILES string of the molecule is COc1cccc(C(C)(C)O)c1C(C)(F)F. The predicted molar refractivity (Wildman–Crippen MR) is 57.8 cm³/mol. The van der Waals surface area contributed by atoms with Crippen molar-refractivity contribution in [3.63, 3.8) is 0 Å². The summed E-state index contributed by atoms with van der Waals surface area (Å²) in [5, 5.41) is 9.86. The predicted octanol–water partition coefficient (Wildman–Crippen LogP) is 3.03. The van der Waals surface area contributed by atoms with E-state index >= 15 is 0 Å². The van der Waals surface area contributed by atoms with Gasteiger partial charge in [0.2, 0.25) is 0 Å². The number of methoxy groups -OCH3 is 1. The average molecular weight is 230 g/mol. The van der Waals surface area contributed by atoms with E-state index in [1.807, 2.05) is 0 Å². The standard InChI is InChI=1S/C12H16F2O2/c1-11(2,15)8-6-5-7-9(16-4)10(8)12(3,13)14/h5-7,15H,1-4H3. The maximum Gasteiger partial charge on any atom is 0.274 e. The summed E-state index contributed by atoms with van der Waals surface area (Å²) in [6.07, 6.45) is 0. The third-order valence-electron chi connectivity index (χ3n) is 2.34. The van der Waals surface area contributed by atoms with Gasteiger partial charge in [-0.2, -0.15) is 0 Å². The molecule has 0 aromatic heterocycles. The van der Waals surface area contributed by atoms with Crippen LogP contribution in [0.5, 0.6) is 5.75 Å². The smallest absolute Gasteiger partial charge is 0.274 e. The molecule has 0 saturated carbocycles. The van der Waals surface area contributed by atoms with Crippen molar-refractivity contribution in [2.24, 2.45) is 0 Å². The van der Waals surface area contributed by atoms with Crippen molar-refractivity contribution in [2.45, 2.75) is 32.3 Å². The first kappa shape index (κ1) is 12.9. The van der Waals surface area contributed by atoms with E-state index in [1.54, 1.807) is 6.07 Å². The molecule has 0 atom stereocenters. The topological polar surface area (TPSA) is 29.5 Å². The fraction of sp³-hybridized carbons (Fsp3) is 0.500. The van der Waals surface area contributed by atoms with E-state index in [2.05, 4.69) is 0 Å². The van der Waals surface area contributed by atoms with Gasteiger partial charge in [0, 0.05) is 6.92 Å². The van der Waals surface area contributed by atoms with Crippen LogP contribution in [-0.2, 0) is 11.5 Å². The first-order chi connectivity index (χ1) is 7.18. The number of benzene rings is 1. The molecule has 1 rings (SSSR count). The molecule has 0 heterocycles. The first-order valence-electron chi connectivity index (χ1n) is 4.96. The largest absolute Gasteiger partial charge is 0.496 e. The van der Waals surface area contributed by atoms with Gasteiger partial charge in [0.05, 0.1) is 18.3 Å². The summed E-state index contributed by atoms with van der Waals surface area (Å²) in [6.45, 7) is 3.73. The highest BCUT2D eigenvalue weighted by molar-refractivity contribution is 5.45. The summed E-state index contributed by atoms with van der Waals surface area (Å²) in [5.74, 6) is -2.96. The minimum absolute atomic E-state index is 0.0899. The third-order valence-corrected chi connectivity index (χ3v) is 2.34. The van der Waals surface area contributed by atoms with Gasteiger partial charge in [-0.15, -0.1) is 0 Å². The summed E-state index contributed by atoms with van der Waals surface area (Å²) in [5.41, 5.74) is -1.41. The van der Waals surface area contributed by atoms with Gasteiger partial charge < -0.3 is 9.84 Å². The molecule has 0 bridgehead atoms. The molecule has 16 heavy (non-hydrogen) atoms. The highest BCUT2D eigenvalue weighted by Gasteiger charge is 2.35. The normalized spacial score (nSPS) is 12.7. The second kappa shape index (κ2) is 4.01. The Morgan fingerprint density at radius 3 is 2.12 bits per heavy atom. The van der Waals surface area contributed by atoms with Crippen LogP contribution in [0.25, 0.3) is 0 Å². The Bertz CT molecular complexity index is 376. The molecule has 4 heteroatoms. The molecule has 0 radical (unpaired) electrons. The zero-order valence-corrected chi connectivity index (χ0v) is 9.84. The minimum atomic E-state index is -3.05. The Labute approximate surface area is 93.9 Å². The monoisotopic (exact) mass is 230 g/mol. The Morgan fingerprint density at radius 1 is 1.19 bits per heavy atom. The van der Waals surface area contributed by atoms with Crippen molar-refractivity contribution in [3.05, 3.63) is 29.3 Å².